The number of hydrogen-bond acceptors (Lipinski definition) is 3. The molecule has 3 nitrogen and oxygen atoms in total. The normalized spacial score (nSPS) is 33.4. The van der Waals surface area contributed by atoms with Crippen molar-refractivity contribution >= 4 is 0 Å². The van der Waals surface area contributed by atoms with E-state index in [0.717, 1.165) is 18.8 Å². The Balaban J connectivity index is 2.66. The maximum Gasteiger partial charge on any atom is 0.0919 e. The summed E-state index contributed by atoms with van der Waals surface area (Å²) >= 11 is 0. The van der Waals surface area contributed by atoms with Crippen molar-refractivity contribution in [3.8, 4) is 0 Å². The lowest BCUT2D eigenvalue weighted by Gasteiger charge is -2.48. The molecule has 1 atom stereocenters. The molecule has 0 amide bonds. The highest BCUT2D eigenvalue weighted by molar-refractivity contribution is 4.99. The van der Waals surface area contributed by atoms with Gasteiger partial charge in [-0.3, -0.25) is 0 Å². The quantitative estimate of drug-likeness (QED) is 0.752. The minimum atomic E-state index is -0.798. The highest BCUT2D eigenvalue weighted by atomic mass is 16.5. The minimum Gasteiger partial charge on any atom is -0.387 e. The molecule has 1 aliphatic rings. The van der Waals surface area contributed by atoms with Crippen molar-refractivity contribution in [2.45, 2.75) is 58.0 Å². The van der Waals surface area contributed by atoms with Crippen molar-refractivity contribution in [2.24, 2.45) is 17.1 Å². The molecule has 17 heavy (non-hydrogen) atoms. The van der Waals surface area contributed by atoms with Crippen molar-refractivity contribution in [1.29, 1.82) is 0 Å². The molecule has 0 heterocycles. The number of aliphatic hydroxyl groups is 1. The summed E-state index contributed by atoms with van der Waals surface area (Å²) in [6.45, 7) is 5.06. The molecule has 3 heteroatoms. The summed E-state index contributed by atoms with van der Waals surface area (Å²) < 4.78 is 5.16. The molecule has 102 valence electrons. The van der Waals surface area contributed by atoms with Crippen LogP contribution in [-0.2, 0) is 4.74 Å². The second-order valence-corrected chi connectivity index (χ2v) is 5.92. The predicted molar refractivity (Wildman–Crippen MR) is 70.9 cm³/mol. The molecule has 0 bridgehead atoms. The Labute approximate surface area is 106 Å². The maximum absolute atomic E-state index is 10.6. The van der Waals surface area contributed by atoms with Crippen LogP contribution >= 0.6 is 0 Å². The molecule has 1 unspecified atom stereocenters. The second kappa shape index (κ2) is 6.17. The van der Waals surface area contributed by atoms with Crippen molar-refractivity contribution in [3.63, 3.8) is 0 Å². The monoisotopic (exact) mass is 243 g/mol. The topological polar surface area (TPSA) is 55.5 Å². The molecule has 0 spiro atoms. The number of ether oxygens (including phenoxy) is 1. The fraction of sp³-hybridized carbons (Fsp3) is 1.00. The van der Waals surface area contributed by atoms with E-state index >= 15 is 0 Å². The number of rotatable bonds is 6. The van der Waals surface area contributed by atoms with Gasteiger partial charge in [0.05, 0.1) is 12.2 Å². The zero-order valence-corrected chi connectivity index (χ0v) is 11.7. The first-order valence-electron chi connectivity index (χ1n) is 6.92. The average molecular weight is 243 g/mol. The van der Waals surface area contributed by atoms with Crippen LogP contribution in [0, 0.1) is 11.3 Å². The molecule has 0 saturated heterocycles. The first-order chi connectivity index (χ1) is 8.01. The lowest BCUT2D eigenvalue weighted by atomic mass is 9.61. The van der Waals surface area contributed by atoms with Crippen molar-refractivity contribution in [2.75, 3.05) is 20.3 Å². The van der Waals surface area contributed by atoms with Crippen LogP contribution in [-0.4, -0.2) is 31.0 Å². The fourth-order valence-electron chi connectivity index (χ4n) is 3.32. The predicted octanol–water partition coefficient (Wildman–Crippen LogP) is 2.32. The van der Waals surface area contributed by atoms with E-state index < -0.39 is 5.60 Å². The van der Waals surface area contributed by atoms with Gasteiger partial charge < -0.3 is 15.6 Å². The van der Waals surface area contributed by atoms with E-state index in [2.05, 4.69) is 6.92 Å². The molecule has 1 aliphatic carbocycles. The van der Waals surface area contributed by atoms with Crippen LogP contribution in [0.5, 0.6) is 0 Å². The zero-order chi connectivity index (χ0) is 12.9. The second-order valence-electron chi connectivity index (χ2n) is 5.92. The van der Waals surface area contributed by atoms with E-state index in [1.54, 1.807) is 7.11 Å². The van der Waals surface area contributed by atoms with Gasteiger partial charge in [0.15, 0.2) is 0 Å². The van der Waals surface area contributed by atoms with Crippen LogP contribution in [0.4, 0.5) is 0 Å². The van der Waals surface area contributed by atoms with Crippen LogP contribution in [0.1, 0.15) is 52.4 Å². The van der Waals surface area contributed by atoms with Gasteiger partial charge in [0.25, 0.3) is 0 Å². The molecule has 0 aromatic heterocycles. The summed E-state index contributed by atoms with van der Waals surface area (Å²) in [4.78, 5) is 0. The van der Waals surface area contributed by atoms with Gasteiger partial charge in [-0.1, -0.05) is 19.8 Å². The van der Waals surface area contributed by atoms with Gasteiger partial charge in [-0.25, -0.2) is 0 Å². The Morgan fingerprint density at radius 1 is 1.41 bits per heavy atom. The first kappa shape index (κ1) is 14.9. The highest BCUT2D eigenvalue weighted by Crippen LogP contribution is 2.46. The van der Waals surface area contributed by atoms with E-state index in [9.17, 15) is 5.11 Å². The van der Waals surface area contributed by atoms with Gasteiger partial charge in [0.2, 0.25) is 0 Å². The lowest BCUT2D eigenvalue weighted by molar-refractivity contribution is -0.128. The van der Waals surface area contributed by atoms with E-state index in [1.807, 2.05) is 6.92 Å². The van der Waals surface area contributed by atoms with Crippen LogP contribution in [0.3, 0.4) is 0 Å². The van der Waals surface area contributed by atoms with Crippen molar-refractivity contribution in [3.05, 3.63) is 0 Å². The molecule has 3 N–H and O–H groups in total. The van der Waals surface area contributed by atoms with Gasteiger partial charge in [0.1, 0.15) is 0 Å². The third-order valence-corrected chi connectivity index (χ3v) is 4.72. The Morgan fingerprint density at radius 2 is 2.00 bits per heavy atom. The maximum atomic E-state index is 10.6. The summed E-state index contributed by atoms with van der Waals surface area (Å²) in [5, 5.41) is 10.6. The SMILES string of the molecule is CCCC1CCC(CN)(C(C)(O)COC)CC1. The Bertz CT molecular complexity index is 220. The largest absolute Gasteiger partial charge is 0.387 e. The van der Waals surface area contributed by atoms with Crippen molar-refractivity contribution in [1.82, 2.24) is 0 Å². The van der Waals surface area contributed by atoms with Crippen LogP contribution in [0.2, 0.25) is 0 Å². The first-order valence-corrected chi connectivity index (χ1v) is 6.92. The molecule has 0 aliphatic heterocycles. The number of nitrogens with two attached hydrogens (primary N) is 1. The van der Waals surface area contributed by atoms with Gasteiger partial charge in [-0.05, 0) is 38.5 Å². The molecule has 1 fully saturated rings. The van der Waals surface area contributed by atoms with Gasteiger partial charge in [-0.15, -0.1) is 0 Å². The third-order valence-electron chi connectivity index (χ3n) is 4.72. The zero-order valence-electron chi connectivity index (χ0n) is 11.7. The lowest BCUT2D eigenvalue weighted by Crippen LogP contribution is -2.55. The summed E-state index contributed by atoms with van der Waals surface area (Å²) in [6, 6.07) is 0. The fourth-order valence-corrected chi connectivity index (χ4v) is 3.32. The Kier molecular flexibility index (Phi) is 5.42. The molecular weight excluding hydrogens is 214 g/mol. The van der Waals surface area contributed by atoms with Crippen LogP contribution in [0.15, 0.2) is 0 Å². The summed E-state index contributed by atoms with van der Waals surface area (Å²) in [6.07, 6.45) is 7.03. The molecule has 0 aromatic rings. The van der Waals surface area contributed by atoms with E-state index in [4.69, 9.17) is 10.5 Å². The van der Waals surface area contributed by atoms with E-state index in [-0.39, 0.29) is 5.41 Å². The van der Waals surface area contributed by atoms with E-state index in [0.29, 0.717) is 13.2 Å². The summed E-state index contributed by atoms with van der Waals surface area (Å²) in [5.41, 5.74) is 5.01. The van der Waals surface area contributed by atoms with E-state index in [1.165, 1.54) is 25.7 Å². The summed E-state index contributed by atoms with van der Waals surface area (Å²) in [7, 11) is 1.64. The standard InChI is InChI=1S/C14H29NO2/c1-4-5-12-6-8-14(10-15,9-7-12)13(2,16)11-17-3/h12,16H,4-11,15H2,1-3H3. The third kappa shape index (κ3) is 3.21. The van der Waals surface area contributed by atoms with Gasteiger partial charge in [0, 0.05) is 19.1 Å². The average Bonchev–Trinajstić information content (AvgIpc) is 2.30. The molecule has 0 radical (unpaired) electrons. The molecule has 1 rings (SSSR count). The smallest absolute Gasteiger partial charge is 0.0919 e. The highest BCUT2D eigenvalue weighted by Gasteiger charge is 2.47. The van der Waals surface area contributed by atoms with Crippen molar-refractivity contribution < 1.29 is 9.84 Å². The van der Waals surface area contributed by atoms with Crippen LogP contribution in [0.25, 0.3) is 0 Å². The number of hydrogen-bond donors (Lipinski definition) is 2. The Morgan fingerprint density at radius 3 is 2.41 bits per heavy atom. The van der Waals surface area contributed by atoms with Gasteiger partial charge >= 0.3 is 0 Å². The summed E-state index contributed by atoms with van der Waals surface area (Å²) in [5.74, 6) is 0.831. The van der Waals surface area contributed by atoms with Gasteiger partial charge in [-0.2, -0.15) is 0 Å². The molecule has 0 aromatic carbocycles. The van der Waals surface area contributed by atoms with Crippen LogP contribution < -0.4 is 5.73 Å². The number of methoxy groups -OCH3 is 1. The molecular formula is C14H29NO2. The minimum absolute atomic E-state index is 0.146. The Hall–Kier alpha value is -0.120. The molecule has 1 saturated carbocycles.